The molecule has 114 valence electrons. The average Bonchev–Trinajstić information content (AvgIpc) is 2.98. The molecule has 0 spiro atoms. The fourth-order valence-electron chi connectivity index (χ4n) is 2.29. The predicted molar refractivity (Wildman–Crippen MR) is 84.7 cm³/mol. The second kappa shape index (κ2) is 5.84. The largest absolute Gasteiger partial charge is 0.505 e. The molecular formula is C17H13N3O3. The Bertz CT molecular complexity index is 895. The van der Waals surface area contributed by atoms with E-state index in [-0.39, 0.29) is 12.0 Å². The topological polar surface area (TPSA) is 85.1 Å². The standard InChI is InChI=1S/C17H13N3O3/c1-11(22)17(23)13-7-6-12(8-9-21)16(10-13)20-18-14-4-2-3-5-15(14)19-20/h2-7,9-10,22H,1,8H2. The molecule has 0 saturated heterocycles. The summed E-state index contributed by atoms with van der Waals surface area (Å²) in [5.74, 6) is -1.13. The van der Waals surface area contributed by atoms with E-state index in [9.17, 15) is 14.7 Å². The number of aliphatic hydroxyl groups excluding tert-OH is 1. The summed E-state index contributed by atoms with van der Waals surface area (Å²) in [6.45, 7) is 3.24. The zero-order valence-electron chi connectivity index (χ0n) is 12.1. The van der Waals surface area contributed by atoms with Gasteiger partial charge in [0.2, 0.25) is 5.78 Å². The van der Waals surface area contributed by atoms with E-state index in [0.29, 0.717) is 22.3 Å². The Morgan fingerprint density at radius 1 is 1.17 bits per heavy atom. The van der Waals surface area contributed by atoms with Crippen molar-refractivity contribution in [2.45, 2.75) is 6.42 Å². The van der Waals surface area contributed by atoms with Gasteiger partial charge in [0, 0.05) is 12.0 Å². The Morgan fingerprint density at radius 3 is 2.39 bits per heavy atom. The summed E-state index contributed by atoms with van der Waals surface area (Å²) >= 11 is 0. The van der Waals surface area contributed by atoms with E-state index in [2.05, 4.69) is 16.8 Å². The molecule has 1 heterocycles. The van der Waals surface area contributed by atoms with E-state index in [1.165, 1.54) is 10.9 Å². The van der Waals surface area contributed by atoms with E-state index < -0.39 is 11.5 Å². The third-order valence-electron chi connectivity index (χ3n) is 3.41. The van der Waals surface area contributed by atoms with Gasteiger partial charge in [-0.25, -0.2) is 0 Å². The van der Waals surface area contributed by atoms with Crippen LogP contribution < -0.4 is 0 Å². The molecule has 6 heteroatoms. The van der Waals surface area contributed by atoms with Gasteiger partial charge in [0.15, 0.2) is 5.76 Å². The van der Waals surface area contributed by atoms with E-state index >= 15 is 0 Å². The molecule has 2 aromatic carbocycles. The van der Waals surface area contributed by atoms with Gasteiger partial charge >= 0.3 is 0 Å². The lowest BCUT2D eigenvalue weighted by atomic mass is 10.0. The Kier molecular flexibility index (Phi) is 3.72. The number of aldehydes is 1. The van der Waals surface area contributed by atoms with Crippen molar-refractivity contribution in [2.75, 3.05) is 0 Å². The molecule has 0 radical (unpaired) electrons. The van der Waals surface area contributed by atoms with Crippen molar-refractivity contribution >= 4 is 23.1 Å². The molecule has 3 rings (SSSR count). The highest BCUT2D eigenvalue weighted by atomic mass is 16.3. The van der Waals surface area contributed by atoms with Gasteiger partial charge in [-0.05, 0) is 23.8 Å². The van der Waals surface area contributed by atoms with Crippen LogP contribution in [-0.4, -0.2) is 32.2 Å². The number of hydrogen-bond acceptors (Lipinski definition) is 5. The Morgan fingerprint density at radius 2 is 1.83 bits per heavy atom. The number of carbonyl (C=O) groups is 2. The van der Waals surface area contributed by atoms with Crippen molar-refractivity contribution in [3.63, 3.8) is 0 Å². The predicted octanol–water partition coefficient (Wildman–Crippen LogP) is 2.42. The normalized spacial score (nSPS) is 10.6. The zero-order valence-corrected chi connectivity index (χ0v) is 12.1. The van der Waals surface area contributed by atoms with Crippen LogP contribution in [0.4, 0.5) is 0 Å². The summed E-state index contributed by atoms with van der Waals surface area (Å²) in [6.07, 6.45) is 0.941. The molecule has 0 amide bonds. The van der Waals surface area contributed by atoms with Crippen molar-refractivity contribution in [1.82, 2.24) is 15.0 Å². The third kappa shape index (κ3) is 2.74. The Labute approximate surface area is 131 Å². The molecule has 6 nitrogen and oxygen atoms in total. The number of carbonyl (C=O) groups excluding carboxylic acids is 2. The molecule has 0 fully saturated rings. The van der Waals surface area contributed by atoms with Crippen LogP contribution >= 0.6 is 0 Å². The first-order chi connectivity index (χ1) is 11.1. The van der Waals surface area contributed by atoms with Gasteiger partial charge in [0.1, 0.15) is 17.3 Å². The van der Waals surface area contributed by atoms with Crippen molar-refractivity contribution < 1.29 is 14.7 Å². The number of Topliss-reactive ketones (excluding diaryl/α,β-unsaturated/α-hetero) is 1. The van der Waals surface area contributed by atoms with Crippen LogP contribution in [0.25, 0.3) is 16.7 Å². The highest BCUT2D eigenvalue weighted by molar-refractivity contribution is 6.07. The number of fused-ring (bicyclic) bond motifs is 1. The van der Waals surface area contributed by atoms with Gasteiger partial charge in [0.25, 0.3) is 0 Å². The lowest BCUT2D eigenvalue weighted by Crippen LogP contribution is -2.08. The van der Waals surface area contributed by atoms with Crippen LogP contribution in [0.3, 0.4) is 0 Å². The molecule has 0 atom stereocenters. The van der Waals surface area contributed by atoms with E-state index in [1.54, 1.807) is 12.1 Å². The number of ketones is 1. The van der Waals surface area contributed by atoms with Gasteiger partial charge in [-0.2, -0.15) is 4.80 Å². The number of benzene rings is 2. The number of rotatable bonds is 5. The monoisotopic (exact) mass is 307 g/mol. The molecule has 0 aliphatic heterocycles. The van der Waals surface area contributed by atoms with Gasteiger partial charge in [-0.3, -0.25) is 4.79 Å². The summed E-state index contributed by atoms with van der Waals surface area (Å²) in [7, 11) is 0. The van der Waals surface area contributed by atoms with Crippen molar-refractivity contribution in [3.8, 4) is 5.69 Å². The second-order valence-corrected chi connectivity index (χ2v) is 4.97. The van der Waals surface area contributed by atoms with Crippen LogP contribution in [0.1, 0.15) is 15.9 Å². The summed E-state index contributed by atoms with van der Waals surface area (Å²) in [5.41, 5.74) is 2.85. The van der Waals surface area contributed by atoms with Crippen molar-refractivity contribution in [2.24, 2.45) is 0 Å². The summed E-state index contributed by atoms with van der Waals surface area (Å²) in [6, 6.07) is 12.1. The fraction of sp³-hybridized carbons (Fsp3) is 0.0588. The van der Waals surface area contributed by atoms with Gasteiger partial charge in [-0.15, -0.1) is 10.2 Å². The number of nitrogens with zero attached hydrogens (tertiary/aromatic N) is 3. The fourth-order valence-corrected chi connectivity index (χ4v) is 2.29. The molecular weight excluding hydrogens is 294 g/mol. The van der Waals surface area contributed by atoms with E-state index in [4.69, 9.17) is 0 Å². The minimum absolute atomic E-state index is 0.168. The first-order valence-corrected chi connectivity index (χ1v) is 6.91. The first kappa shape index (κ1) is 14.6. The molecule has 3 aromatic rings. The molecule has 0 unspecified atom stereocenters. The van der Waals surface area contributed by atoms with Crippen LogP contribution in [-0.2, 0) is 11.2 Å². The van der Waals surface area contributed by atoms with Crippen molar-refractivity contribution in [3.05, 3.63) is 65.9 Å². The molecule has 0 saturated carbocycles. The minimum Gasteiger partial charge on any atom is -0.505 e. The summed E-state index contributed by atoms with van der Waals surface area (Å²) in [4.78, 5) is 24.2. The highest BCUT2D eigenvalue weighted by Crippen LogP contribution is 2.19. The Balaban J connectivity index is 2.17. The van der Waals surface area contributed by atoms with Crippen LogP contribution in [0.5, 0.6) is 0 Å². The maximum absolute atomic E-state index is 11.9. The number of hydrogen-bond donors (Lipinski definition) is 1. The molecule has 23 heavy (non-hydrogen) atoms. The molecule has 1 N–H and O–H groups in total. The smallest absolute Gasteiger partial charge is 0.226 e. The third-order valence-corrected chi connectivity index (χ3v) is 3.41. The van der Waals surface area contributed by atoms with Crippen LogP contribution in [0.2, 0.25) is 0 Å². The summed E-state index contributed by atoms with van der Waals surface area (Å²) in [5, 5.41) is 18.0. The lowest BCUT2D eigenvalue weighted by Gasteiger charge is -2.08. The number of aliphatic hydroxyl groups is 1. The van der Waals surface area contributed by atoms with Crippen LogP contribution in [0, 0.1) is 0 Å². The van der Waals surface area contributed by atoms with E-state index in [1.807, 2.05) is 24.3 Å². The zero-order chi connectivity index (χ0) is 16.4. The second-order valence-electron chi connectivity index (χ2n) is 4.97. The first-order valence-electron chi connectivity index (χ1n) is 6.91. The average molecular weight is 307 g/mol. The lowest BCUT2D eigenvalue weighted by molar-refractivity contribution is -0.107. The molecule has 1 aromatic heterocycles. The molecule has 0 bridgehead atoms. The molecule has 0 aliphatic rings. The van der Waals surface area contributed by atoms with Gasteiger partial charge in [-0.1, -0.05) is 30.8 Å². The number of aromatic nitrogens is 3. The maximum atomic E-state index is 11.9. The van der Waals surface area contributed by atoms with Crippen LogP contribution in [0.15, 0.2) is 54.8 Å². The highest BCUT2D eigenvalue weighted by Gasteiger charge is 2.15. The maximum Gasteiger partial charge on any atom is 0.226 e. The molecule has 0 aliphatic carbocycles. The van der Waals surface area contributed by atoms with Gasteiger partial charge < -0.3 is 9.90 Å². The van der Waals surface area contributed by atoms with E-state index in [0.717, 1.165) is 6.29 Å². The number of allylic oxidation sites excluding steroid dienone is 1. The summed E-state index contributed by atoms with van der Waals surface area (Å²) < 4.78 is 0. The van der Waals surface area contributed by atoms with Crippen molar-refractivity contribution in [1.29, 1.82) is 0 Å². The quantitative estimate of drug-likeness (QED) is 0.338. The Hall–Kier alpha value is -3.28. The SMILES string of the molecule is C=C(O)C(=O)c1ccc(CC=O)c(-n2nc3ccccc3n2)c1. The van der Waals surface area contributed by atoms with Gasteiger partial charge in [0.05, 0.1) is 5.69 Å². The minimum atomic E-state index is -0.583.